The Labute approximate surface area is 112 Å². The molecule has 0 saturated heterocycles. The van der Waals surface area contributed by atoms with E-state index in [4.69, 9.17) is 11.6 Å². The third kappa shape index (κ3) is 2.15. The number of benzene rings is 1. The van der Waals surface area contributed by atoms with Crippen molar-refractivity contribution in [1.82, 2.24) is 4.57 Å². The SMILES string of the molecule is OCc1cn(CC2CCCC2)c2cc(Cl)ccc12. The molecule has 0 amide bonds. The van der Waals surface area contributed by atoms with Gasteiger partial charge in [0.15, 0.2) is 0 Å². The van der Waals surface area contributed by atoms with E-state index in [1.54, 1.807) is 0 Å². The van der Waals surface area contributed by atoms with Crippen molar-refractivity contribution in [3.63, 3.8) is 0 Å². The molecule has 1 fully saturated rings. The molecule has 0 bridgehead atoms. The predicted octanol–water partition coefficient (Wildman–Crippen LogP) is 3.98. The van der Waals surface area contributed by atoms with Crippen LogP contribution < -0.4 is 0 Å². The lowest BCUT2D eigenvalue weighted by Gasteiger charge is -2.11. The first-order chi connectivity index (χ1) is 8.78. The highest BCUT2D eigenvalue weighted by Crippen LogP contribution is 2.30. The number of rotatable bonds is 3. The molecule has 3 rings (SSSR count). The van der Waals surface area contributed by atoms with Gasteiger partial charge in [0.1, 0.15) is 0 Å². The molecule has 2 nitrogen and oxygen atoms in total. The first-order valence-electron chi connectivity index (χ1n) is 6.66. The molecule has 0 radical (unpaired) electrons. The van der Waals surface area contributed by atoms with Crippen molar-refractivity contribution < 1.29 is 5.11 Å². The summed E-state index contributed by atoms with van der Waals surface area (Å²) < 4.78 is 2.27. The highest BCUT2D eigenvalue weighted by atomic mass is 35.5. The minimum Gasteiger partial charge on any atom is -0.392 e. The molecule has 18 heavy (non-hydrogen) atoms. The fraction of sp³-hybridized carbons (Fsp3) is 0.467. The van der Waals surface area contributed by atoms with Gasteiger partial charge >= 0.3 is 0 Å². The Kier molecular flexibility index (Phi) is 3.31. The van der Waals surface area contributed by atoms with E-state index in [9.17, 15) is 5.11 Å². The van der Waals surface area contributed by atoms with Gasteiger partial charge in [-0.15, -0.1) is 0 Å². The number of nitrogens with zero attached hydrogens (tertiary/aromatic N) is 1. The fourth-order valence-electron chi connectivity index (χ4n) is 3.09. The Morgan fingerprint density at radius 3 is 2.78 bits per heavy atom. The Morgan fingerprint density at radius 2 is 2.06 bits per heavy atom. The topological polar surface area (TPSA) is 25.2 Å². The van der Waals surface area contributed by atoms with E-state index in [0.29, 0.717) is 0 Å². The summed E-state index contributed by atoms with van der Waals surface area (Å²) in [4.78, 5) is 0. The number of aliphatic hydroxyl groups excluding tert-OH is 1. The number of halogens is 1. The van der Waals surface area contributed by atoms with Crippen molar-refractivity contribution in [3.8, 4) is 0 Å². The summed E-state index contributed by atoms with van der Waals surface area (Å²) in [5.74, 6) is 0.783. The molecule has 96 valence electrons. The zero-order chi connectivity index (χ0) is 12.5. The van der Waals surface area contributed by atoms with E-state index in [1.165, 1.54) is 25.7 Å². The van der Waals surface area contributed by atoms with Crippen molar-refractivity contribution >= 4 is 22.5 Å². The average molecular weight is 264 g/mol. The molecule has 1 aromatic carbocycles. The molecule has 2 aromatic rings. The minimum absolute atomic E-state index is 0.0931. The summed E-state index contributed by atoms with van der Waals surface area (Å²) in [6, 6.07) is 5.91. The molecule has 0 atom stereocenters. The van der Waals surface area contributed by atoms with E-state index < -0.39 is 0 Å². The molecular weight excluding hydrogens is 246 g/mol. The van der Waals surface area contributed by atoms with Gasteiger partial charge < -0.3 is 9.67 Å². The maximum Gasteiger partial charge on any atom is 0.0702 e. The van der Waals surface area contributed by atoms with E-state index in [0.717, 1.165) is 34.0 Å². The summed E-state index contributed by atoms with van der Waals surface area (Å²) >= 11 is 6.08. The second-order valence-corrected chi connectivity index (χ2v) is 5.71. The maximum atomic E-state index is 9.43. The van der Waals surface area contributed by atoms with Gasteiger partial charge in [-0.2, -0.15) is 0 Å². The monoisotopic (exact) mass is 263 g/mol. The van der Waals surface area contributed by atoms with Crippen LogP contribution in [-0.4, -0.2) is 9.67 Å². The van der Waals surface area contributed by atoms with Crippen LogP contribution in [0.25, 0.3) is 10.9 Å². The van der Waals surface area contributed by atoms with Crippen molar-refractivity contribution in [1.29, 1.82) is 0 Å². The summed E-state index contributed by atoms with van der Waals surface area (Å²) in [5, 5.41) is 11.3. The third-order valence-electron chi connectivity index (χ3n) is 4.03. The normalized spacial score (nSPS) is 16.8. The van der Waals surface area contributed by atoms with Crippen molar-refractivity contribution in [2.24, 2.45) is 5.92 Å². The molecule has 3 heteroatoms. The van der Waals surface area contributed by atoms with Gasteiger partial charge in [-0.3, -0.25) is 0 Å². The van der Waals surface area contributed by atoms with Crippen molar-refractivity contribution in [2.45, 2.75) is 38.8 Å². The van der Waals surface area contributed by atoms with Crippen LogP contribution in [0.4, 0.5) is 0 Å². The quantitative estimate of drug-likeness (QED) is 0.890. The summed E-state index contributed by atoms with van der Waals surface area (Å²) in [6.07, 6.45) is 7.46. The van der Waals surface area contributed by atoms with Gasteiger partial charge in [-0.25, -0.2) is 0 Å². The number of aliphatic hydroxyl groups is 1. The zero-order valence-corrected chi connectivity index (χ0v) is 11.2. The van der Waals surface area contributed by atoms with Crippen LogP contribution in [0, 0.1) is 5.92 Å². The Morgan fingerprint density at radius 1 is 1.28 bits per heavy atom. The smallest absolute Gasteiger partial charge is 0.0702 e. The minimum atomic E-state index is 0.0931. The van der Waals surface area contributed by atoms with Gasteiger partial charge in [0.05, 0.1) is 6.61 Å². The van der Waals surface area contributed by atoms with Crippen LogP contribution in [0.1, 0.15) is 31.2 Å². The lowest BCUT2D eigenvalue weighted by atomic mass is 10.1. The average Bonchev–Trinajstić information content (AvgIpc) is 2.98. The van der Waals surface area contributed by atoms with E-state index in [1.807, 2.05) is 18.2 Å². The number of hydrogen-bond donors (Lipinski definition) is 1. The van der Waals surface area contributed by atoms with Crippen LogP contribution in [0.15, 0.2) is 24.4 Å². The summed E-state index contributed by atoms with van der Waals surface area (Å²) in [7, 11) is 0. The molecule has 0 unspecified atom stereocenters. The van der Waals surface area contributed by atoms with Crippen LogP contribution in [-0.2, 0) is 13.2 Å². The molecule has 1 heterocycles. The summed E-state index contributed by atoms with van der Waals surface area (Å²) in [5.41, 5.74) is 2.15. The molecule has 1 saturated carbocycles. The van der Waals surface area contributed by atoms with Gasteiger partial charge in [0.25, 0.3) is 0 Å². The molecular formula is C15H18ClNO. The van der Waals surface area contributed by atoms with Crippen LogP contribution in [0.5, 0.6) is 0 Å². The molecule has 1 N–H and O–H groups in total. The zero-order valence-electron chi connectivity index (χ0n) is 10.4. The second-order valence-electron chi connectivity index (χ2n) is 5.28. The third-order valence-corrected chi connectivity index (χ3v) is 4.26. The number of hydrogen-bond acceptors (Lipinski definition) is 1. The second kappa shape index (κ2) is 4.94. The van der Waals surface area contributed by atoms with Gasteiger partial charge in [0, 0.05) is 34.2 Å². The van der Waals surface area contributed by atoms with Crippen LogP contribution in [0.3, 0.4) is 0 Å². The number of fused-ring (bicyclic) bond motifs is 1. The Hall–Kier alpha value is -0.990. The molecule has 1 aliphatic carbocycles. The molecule has 0 aliphatic heterocycles. The van der Waals surface area contributed by atoms with Crippen LogP contribution >= 0.6 is 11.6 Å². The highest BCUT2D eigenvalue weighted by molar-refractivity contribution is 6.31. The highest BCUT2D eigenvalue weighted by Gasteiger charge is 2.17. The van der Waals surface area contributed by atoms with E-state index >= 15 is 0 Å². The Bertz CT molecular complexity index is 555. The molecule has 0 spiro atoms. The maximum absolute atomic E-state index is 9.43. The largest absolute Gasteiger partial charge is 0.392 e. The standard InChI is InChI=1S/C15H18ClNO/c16-13-5-6-14-12(10-18)9-17(15(14)7-13)8-11-3-1-2-4-11/h5-7,9,11,18H,1-4,8,10H2. The predicted molar refractivity (Wildman–Crippen MR) is 74.8 cm³/mol. The first-order valence-corrected chi connectivity index (χ1v) is 7.04. The van der Waals surface area contributed by atoms with Crippen molar-refractivity contribution in [2.75, 3.05) is 0 Å². The van der Waals surface area contributed by atoms with Gasteiger partial charge in [0.2, 0.25) is 0 Å². The lowest BCUT2D eigenvalue weighted by molar-refractivity contribution is 0.283. The Balaban J connectivity index is 2.01. The summed E-state index contributed by atoms with van der Waals surface area (Å²) in [6.45, 7) is 1.15. The van der Waals surface area contributed by atoms with Gasteiger partial charge in [-0.05, 0) is 30.9 Å². The number of aromatic nitrogens is 1. The van der Waals surface area contributed by atoms with E-state index in [2.05, 4.69) is 10.8 Å². The lowest BCUT2D eigenvalue weighted by Crippen LogP contribution is -2.05. The molecule has 1 aromatic heterocycles. The van der Waals surface area contributed by atoms with E-state index in [-0.39, 0.29) is 6.61 Å². The van der Waals surface area contributed by atoms with Crippen LogP contribution in [0.2, 0.25) is 5.02 Å². The first kappa shape index (κ1) is 12.1. The molecule has 1 aliphatic rings. The van der Waals surface area contributed by atoms with Gasteiger partial charge in [-0.1, -0.05) is 30.5 Å². The fourth-order valence-corrected chi connectivity index (χ4v) is 3.26. The van der Waals surface area contributed by atoms with Crippen molar-refractivity contribution in [3.05, 3.63) is 35.0 Å².